The highest BCUT2D eigenvalue weighted by Crippen LogP contribution is 2.35. The molecule has 0 radical (unpaired) electrons. The Balaban J connectivity index is 1.12. The summed E-state index contributed by atoms with van der Waals surface area (Å²) < 4.78 is 19.4. The first kappa shape index (κ1) is 22.4. The van der Waals surface area contributed by atoms with E-state index in [1.807, 2.05) is 48.5 Å². The molecule has 0 unspecified atom stereocenters. The van der Waals surface area contributed by atoms with Crippen LogP contribution in [0.4, 0.5) is 5.69 Å². The van der Waals surface area contributed by atoms with E-state index in [0.717, 1.165) is 11.1 Å². The zero-order valence-corrected chi connectivity index (χ0v) is 19.7. The van der Waals surface area contributed by atoms with E-state index >= 15 is 0 Å². The summed E-state index contributed by atoms with van der Waals surface area (Å²) in [5.41, 5.74) is 3.15. The maximum atomic E-state index is 13.0. The van der Waals surface area contributed by atoms with Crippen molar-refractivity contribution in [1.29, 1.82) is 0 Å². The fraction of sp³-hybridized carbons (Fsp3) is 0.107. The molecule has 6 rings (SSSR count). The number of nitrogens with zero attached hydrogens (tertiary/aromatic N) is 3. The molecule has 0 atom stereocenters. The smallest absolute Gasteiger partial charge is 0.277 e. The number of nitrogens with one attached hydrogen (secondary N) is 1. The molecule has 3 aromatic carbocycles. The molecule has 184 valence electrons. The van der Waals surface area contributed by atoms with Gasteiger partial charge in [0.25, 0.3) is 5.56 Å². The molecule has 37 heavy (non-hydrogen) atoms. The van der Waals surface area contributed by atoms with Gasteiger partial charge in [-0.3, -0.25) is 9.59 Å². The van der Waals surface area contributed by atoms with Gasteiger partial charge >= 0.3 is 0 Å². The van der Waals surface area contributed by atoms with Gasteiger partial charge in [-0.25, -0.2) is 4.52 Å². The molecular weight excluding hydrogens is 472 g/mol. The summed E-state index contributed by atoms with van der Waals surface area (Å²) in [6.45, 7) is 0.512. The molecule has 3 heterocycles. The Morgan fingerprint density at radius 3 is 2.59 bits per heavy atom. The molecule has 0 aliphatic carbocycles. The van der Waals surface area contributed by atoms with Gasteiger partial charge in [0.2, 0.25) is 12.7 Å². The first-order valence-electron chi connectivity index (χ1n) is 11.7. The van der Waals surface area contributed by atoms with Crippen molar-refractivity contribution < 1.29 is 19.0 Å². The second kappa shape index (κ2) is 9.54. The Morgan fingerprint density at radius 1 is 0.946 bits per heavy atom. The number of benzene rings is 3. The van der Waals surface area contributed by atoms with Crippen LogP contribution >= 0.6 is 0 Å². The van der Waals surface area contributed by atoms with Crippen LogP contribution in [0, 0.1) is 0 Å². The second-order valence-corrected chi connectivity index (χ2v) is 8.51. The normalized spacial score (nSPS) is 12.0. The number of rotatable bonds is 7. The van der Waals surface area contributed by atoms with E-state index < -0.39 is 0 Å². The van der Waals surface area contributed by atoms with Crippen LogP contribution in [0.15, 0.2) is 96.1 Å². The number of aromatic nitrogens is 3. The number of hydrogen-bond acceptors (Lipinski definition) is 6. The average molecular weight is 495 g/mol. The van der Waals surface area contributed by atoms with E-state index in [-0.39, 0.29) is 24.8 Å². The Hall–Kier alpha value is -5.05. The van der Waals surface area contributed by atoms with Crippen molar-refractivity contribution in [2.45, 2.75) is 13.2 Å². The van der Waals surface area contributed by atoms with Gasteiger partial charge < -0.3 is 24.1 Å². The minimum Gasteiger partial charge on any atom is -0.489 e. The summed E-state index contributed by atoms with van der Waals surface area (Å²) in [5.74, 6) is 1.69. The Morgan fingerprint density at radius 2 is 1.76 bits per heavy atom. The highest BCUT2D eigenvalue weighted by Gasteiger charge is 2.16. The molecule has 2 aromatic heterocycles. The Kier molecular flexibility index (Phi) is 5.78. The average Bonchev–Trinajstić information content (AvgIpc) is 3.58. The number of anilines is 1. The SMILES string of the molecule is O=C(Cn1ccn2nc(-c3ccc4c(c3)OCO4)cc2c1=O)Nc1ccc(OCc2ccccc2)cc1. The molecule has 0 spiro atoms. The molecule has 0 bridgehead atoms. The lowest BCUT2D eigenvalue weighted by molar-refractivity contribution is -0.116. The van der Waals surface area contributed by atoms with E-state index in [0.29, 0.717) is 40.8 Å². The summed E-state index contributed by atoms with van der Waals surface area (Å²) in [6, 6.07) is 24.2. The van der Waals surface area contributed by atoms with Crippen LogP contribution in [0.25, 0.3) is 16.8 Å². The van der Waals surface area contributed by atoms with Crippen molar-refractivity contribution in [1.82, 2.24) is 14.2 Å². The van der Waals surface area contributed by atoms with Gasteiger partial charge in [0.1, 0.15) is 24.4 Å². The maximum absolute atomic E-state index is 13.0. The highest BCUT2D eigenvalue weighted by molar-refractivity contribution is 5.90. The first-order chi connectivity index (χ1) is 18.1. The highest BCUT2D eigenvalue weighted by atomic mass is 16.7. The summed E-state index contributed by atoms with van der Waals surface area (Å²) in [5, 5.41) is 7.31. The van der Waals surface area contributed by atoms with E-state index in [4.69, 9.17) is 14.2 Å². The zero-order valence-electron chi connectivity index (χ0n) is 19.7. The Labute approximate surface area is 211 Å². The summed E-state index contributed by atoms with van der Waals surface area (Å²) >= 11 is 0. The fourth-order valence-electron chi connectivity index (χ4n) is 4.08. The molecule has 9 nitrogen and oxygen atoms in total. The lowest BCUT2D eigenvalue weighted by Gasteiger charge is -2.09. The summed E-state index contributed by atoms with van der Waals surface area (Å²) in [7, 11) is 0. The quantitative estimate of drug-likeness (QED) is 0.366. The predicted molar refractivity (Wildman–Crippen MR) is 137 cm³/mol. The number of amides is 1. The fourth-order valence-corrected chi connectivity index (χ4v) is 4.08. The van der Waals surface area contributed by atoms with Crippen molar-refractivity contribution in [3.63, 3.8) is 0 Å². The minimum absolute atomic E-state index is 0.133. The van der Waals surface area contributed by atoms with Crippen LogP contribution in [-0.2, 0) is 17.9 Å². The molecule has 5 aromatic rings. The van der Waals surface area contributed by atoms with Gasteiger partial charge in [-0.15, -0.1) is 0 Å². The number of carbonyl (C=O) groups is 1. The van der Waals surface area contributed by atoms with Crippen LogP contribution < -0.4 is 25.1 Å². The molecule has 1 aliphatic rings. The van der Waals surface area contributed by atoms with Crippen molar-refractivity contribution in [2.75, 3.05) is 12.1 Å². The third kappa shape index (κ3) is 4.74. The largest absolute Gasteiger partial charge is 0.489 e. The molecule has 9 heteroatoms. The first-order valence-corrected chi connectivity index (χ1v) is 11.7. The third-order valence-electron chi connectivity index (χ3n) is 5.97. The topological polar surface area (TPSA) is 96.1 Å². The lowest BCUT2D eigenvalue weighted by atomic mass is 10.1. The van der Waals surface area contributed by atoms with E-state index in [1.165, 1.54) is 9.08 Å². The molecule has 1 amide bonds. The van der Waals surface area contributed by atoms with Gasteiger partial charge in [-0.05, 0) is 54.1 Å². The van der Waals surface area contributed by atoms with E-state index in [1.54, 1.807) is 42.7 Å². The number of hydrogen-bond donors (Lipinski definition) is 1. The summed E-state index contributed by atoms with van der Waals surface area (Å²) in [6.07, 6.45) is 3.20. The van der Waals surface area contributed by atoms with Crippen LogP contribution in [-0.4, -0.2) is 26.9 Å². The number of fused-ring (bicyclic) bond motifs is 2. The minimum atomic E-state index is -0.320. The zero-order chi connectivity index (χ0) is 25.2. The van der Waals surface area contributed by atoms with E-state index in [9.17, 15) is 9.59 Å². The molecule has 0 saturated heterocycles. The van der Waals surface area contributed by atoms with Gasteiger partial charge in [-0.1, -0.05) is 30.3 Å². The van der Waals surface area contributed by atoms with Crippen LogP contribution in [0.5, 0.6) is 17.2 Å². The number of carbonyl (C=O) groups excluding carboxylic acids is 1. The third-order valence-corrected chi connectivity index (χ3v) is 5.97. The van der Waals surface area contributed by atoms with Crippen molar-refractivity contribution in [3.05, 3.63) is 107 Å². The monoisotopic (exact) mass is 494 g/mol. The van der Waals surface area contributed by atoms with Crippen molar-refractivity contribution in [3.8, 4) is 28.5 Å². The standard InChI is InChI=1S/C28H22N4O5/c33-27(29-21-7-9-22(10-8-21)35-17-19-4-2-1-3-5-19)16-31-12-13-32-24(28(31)34)15-23(30-32)20-6-11-25-26(14-20)37-18-36-25/h1-15H,16-18H2,(H,29,33). The maximum Gasteiger partial charge on any atom is 0.277 e. The van der Waals surface area contributed by atoms with Crippen LogP contribution in [0.2, 0.25) is 0 Å². The molecule has 0 fully saturated rings. The Bertz CT molecular complexity index is 1640. The predicted octanol–water partition coefficient (Wildman–Crippen LogP) is 4.11. The summed E-state index contributed by atoms with van der Waals surface area (Å²) in [4.78, 5) is 25.7. The molecular formula is C28H22N4O5. The second-order valence-electron chi connectivity index (χ2n) is 8.51. The molecule has 0 saturated carbocycles. The molecule has 1 N–H and O–H groups in total. The van der Waals surface area contributed by atoms with Crippen LogP contribution in [0.3, 0.4) is 0 Å². The van der Waals surface area contributed by atoms with Gasteiger partial charge in [-0.2, -0.15) is 5.10 Å². The van der Waals surface area contributed by atoms with Crippen molar-refractivity contribution in [2.24, 2.45) is 0 Å². The molecule has 1 aliphatic heterocycles. The van der Waals surface area contributed by atoms with Gasteiger partial charge in [0.05, 0.1) is 5.69 Å². The lowest BCUT2D eigenvalue weighted by Crippen LogP contribution is -2.28. The number of ether oxygens (including phenoxy) is 3. The van der Waals surface area contributed by atoms with Crippen LogP contribution in [0.1, 0.15) is 5.56 Å². The van der Waals surface area contributed by atoms with Gasteiger partial charge in [0, 0.05) is 23.6 Å². The van der Waals surface area contributed by atoms with Gasteiger partial charge in [0.15, 0.2) is 11.5 Å². The van der Waals surface area contributed by atoms with Crippen molar-refractivity contribution >= 4 is 17.1 Å². The van der Waals surface area contributed by atoms with E-state index in [2.05, 4.69) is 10.4 Å².